The molecular weight excluding hydrogens is 250 g/mol. The number of benzene rings is 1. The van der Waals surface area contributed by atoms with E-state index in [1.807, 2.05) is 32.0 Å². The number of nitrogens with one attached hydrogen (secondary N) is 1. The normalized spacial score (nSPS) is 10.2. The van der Waals surface area contributed by atoms with Crippen LogP contribution < -0.4 is 10.1 Å². The van der Waals surface area contributed by atoms with Crippen LogP contribution in [0.1, 0.15) is 11.1 Å². The minimum Gasteiger partial charge on any atom is -0.437 e. The first-order valence-corrected chi connectivity index (χ1v) is 5.94. The Morgan fingerprint density at radius 3 is 2.78 bits per heavy atom. The topological polar surface area (TPSA) is 47.0 Å². The van der Waals surface area contributed by atoms with Gasteiger partial charge in [0.15, 0.2) is 0 Å². The van der Waals surface area contributed by atoms with E-state index in [-0.39, 0.29) is 0 Å². The van der Waals surface area contributed by atoms with E-state index in [0.717, 1.165) is 16.9 Å². The second-order valence-corrected chi connectivity index (χ2v) is 4.30. The summed E-state index contributed by atoms with van der Waals surface area (Å²) < 4.78 is 5.74. The van der Waals surface area contributed by atoms with E-state index >= 15 is 0 Å². The van der Waals surface area contributed by atoms with Crippen LogP contribution >= 0.6 is 11.6 Å². The molecule has 0 unspecified atom stereocenters. The largest absolute Gasteiger partial charge is 0.437 e. The molecular formula is C13H14ClN3O. The predicted octanol–water partition coefficient (Wildman–Crippen LogP) is 3.58. The molecule has 1 aromatic heterocycles. The molecule has 0 atom stereocenters. The molecule has 0 amide bonds. The lowest BCUT2D eigenvalue weighted by molar-refractivity contribution is 0.459. The quantitative estimate of drug-likeness (QED) is 0.919. The summed E-state index contributed by atoms with van der Waals surface area (Å²) in [4.78, 5) is 8.19. The number of halogens is 1. The molecule has 0 aliphatic rings. The van der Waals surface area contributed by atoms with Gasteiger partial charge in [0.05, 0.1) is 6.20 Å². The van der Waals surface area contributed by atoms with Crippen molar-refractivity contribution in [2.45, 2.75) is 13.8 Å². The molecule has 94 valence electrons. The maximum atomic E-state index is 6.02. The Kier molecular flexibility index (Phi) is 3.67. The number of nitrogens with zero attached hydrogens (tertiary/aromatic N) is 2. The van der Waals surface area contributed by atoms with Crippen LogP contribution in [0.25, 0.3) is 0 Å². The highest BCUT2D eigenvalue weighted by Gasteiger charge is 2.09. The summed E-state index contributed by atoms with van der Waals surface area (Å²) in [5, 5.41) is 3.23. The Morgan fingerprint density at radius 2 is 2.06 bits per heavy atom. The van der Waals surface area contributed by atoms with Crippen molar-refractivity contribution in [2.24, 2.45) is 0 Å². The Bertz CT molecular complexity index is 572. The van der Waals surface area contributed by atoms with Crippen LogP contribution in [0.15, 0.2) is 24.4 Å². The zero-order chi connectivity index (χ0) is 13.1. The third kappa shape index (κ3) is 2.54. The monoisotopic (exact) mass is 263 g/mol. The van der Waals surface area contributed by atoms with Crippen molar-refractivity contribution in [3.8, 4) is 11.6 Å². The number of aromatic nitrogens is 2. The van der Waals surface area contributed by atoms with Gasteiger partial charge >= 0.3 is 0 Å². The Labute approximate surface area is 111 Å². The van der Waals surface area contributed by atoms with Gasteiger partial charge in [-0.2, -0.15) is 4.98 Å². The number of hydrogen-bond acceptors (Lipinski definition) is 4. The van der Waals surface area contributed by atoms with Gasteiger partial charge in [-0.05, 0) is 31.0 Å². The van der Waals surface area contributed by atoms with Gasteiger partial charge in [0.2, 0.25) is 11.8 Å². The molecule has 0 fully saturated rings. The minimum absolute atomic E-state index is 0.352. The fraction of sp³-hybridized carbons (Fsp3) is 0.231. The fourth-order valence-corrected chi connectivity index (χ4v) is 1.61. The molecule has 1 aromatic carbocycles. The summed E-state index contributed by atoms with van der Waals surface area (Å²) in [6.45, 7) is 4.03. The van der Waals surface area contributed by atoms with Crippen LogP contribution in [0, 0.1) is 13.8 Å². The van der Waals surface area contributed by atoms with Gasteiger partial charge in [0.1, 0.15) is 10.8 Å². The highest BCUT2D eigenvalue weighted by molar-refractivity contribution is 6.31. The van der Waals surface area contributed by atoms with E-state index in [2.05, 4.69) is 15.3 Å². The SMILES string of the molecule is CNc1ncc(Cl)c(Oc2cccc(C)c2C)n1. The van der Waals surface area contributed by atoms with Gasteiger partial charge in [-0.15, -0.1) is 0 Å². The van der Waals surface area contributed by atoms with Crippen molar-refractivity contribution in [3.05, 3.63) is 40.5 Å². The van der Waals surface area contributed by atoms with Crippen LogP contribution in [-0.2, 0) is 0 Å². The Morgan fingerprint density at radius 1 is 1.28 bits per heavy atom. The molecule has 0 spiro atoms. The number of aryl methyl sites for hydroxylation is 1. The molecule has 18 heavy (non-hydrogen) atoms. The van der Waals surface area contributed by atoms with Crippen LogP contribution in [0.3, 0.4) is 0 Å². The van der Waals surface area contributed by atoms with Crippen molar-refractivity contribution >= 4 is 17.5 Å². The first-order chi connectivity index (χ1) is 8.61. The molecule has 0 saturated heterocycles. The second-order valence-electron chi connectivity index (χ2n) is 3.90. The molecule has 0 bridgehead atoms. The molecule has 1 heterocycles. The molecule has 4 nitrogen and oxygen atoms in total. The predicted molar refractivity (Wildman–Crippen MR) is 72.6 cm³/mol. The fourth-order valence-electron chi connectivity index (χ4n) is 1.48. The van der Waals surface area contributed by atoms with E-state index in [1.54, 1.807) is 7.05 Å². The maximum Gasteiger partial charge on any atom is 0.243 e. The van der Waals surface area contributed by atoms with E-state index < -0.39 is 0 Å². The lowest BCUT2D eigenvalue weighted by Crippen LogP contribution is -1.99. The first kappa shape index (κ1) is 12.6. The van der Waals surface area contributed by atoms with E-state index in [9.17, 15) is 0 Å². The average molecular weight is 264 g/mol. The van der Waals surface area contributed by atoms with E-state index in [1.165, 1.54) is 6.20 Å². The van der Waals surface area contributed by atoms with Crippen molar-refractivity contribution in [3.63, 3.8) is 0 Å². The maximum absolute atomic E-state index is 6.02. The summed E-state index contributed by atoms with van der Waals surface area (Å²) in [6.07, 6.45) is 1.51. The zero-order valence-corrected chi connectivity index (χ0v) is 11.2. The molecule has 0 aliphatic carbocycles. The van der Waals surface area contributed by atoms with Gasteiger partial charge in [-0.3, -0.25) is 0 Å². The molecule has 2 aromatic rings. The Hall–Kier alpha value is -1.81. The summed E-state index contributed by atoms with van der Waals surface area (Å²) in [7, 11) is 1.74. The van der Waals surface area contributed by atoms with Crippen LogP contribution in [0.4, 0.5) is 5.95 Å². The van der Waals surface area contributed by atoms with E-state index in [0.29, 0.717) is 16.9 Å². The third-order valence-electron chi connectivity index (χ3n) is 2.70. The number of ether oxygens (including phenoxy) is 1. The number of hydrogen-bond donors (Lipinski definition) is 1. The van der Waals surface area contributed by atoms with Crippen molar-refractivity contribution < 1.29 is 4.74 Å². The molecule has 0 radical (unpaired) electrons. The molecule has 0 aliphatic heterocycles. The summed E-state index contributed by atoms with van der Waals surface area (Å²) in [6, 6.07) is 5.86. The Balaban J connectivity index is 2.36. The minimum atomic E-state index is 0.352. The zero-order valence-electron chi connectivity index (χ0n) is 10.5. The first-order valence-electron chi connectivity index (χ1n) is 5.56. The number of anilines is 1. The summed E-state index contributed by atoms with van der Waals surface area (Å²) >= 11 is 6.02. The molecule has 1 N–H and O–H groups in total. The van der Waals surface area contributed by atoms with E-state index in [4.69, 9.17) is 16.3 Å². The second kappa shape index (κ2) is 5.23. The van der Waals surface area contributed by atoms with Crippen LogP contribution in [0.2, 0.25) is 5.02 Å². The molecule has 5 heteroatoms. The van der Waals surface area contributed by atoms with Gasteiger partial charge in [0, 0.05) is 7.05 Å². The lowest BCUT2D eigenvalue weighted by Gasteiger charge is -2.11. The van der Waals surface area contributed by atoms with Gasteiger partial charge in [-0.1, -0.05) is 23.7 Å². The van der Waals surface area contributed by atoms with Crippen molar-refractivity contribution in [2.75, 3.05) is 12.4 Å². The summed E-state index contributed by atoms with van der Waals surface area (Å²) in [5.41, 5.74) is 2.23. The van der Waals surface area contributed by atoms with Gasteiger partial charge in [-0.25, -0.2) is 4.98 Å². The standard InChI is InChI=1S/C13H14ClN3O/c1-8-5-4-6-11(9(8)2)18-12-10(14)7-16-13(15-3)17-12/h4-7H,1-3H3,(H,15,16,17). The highest BCUT2D eigenvalue weighted by Crippen LogP contribution is 2.30. The average Bonchev–Trinajstić information content (AvgIpc) is 2.37. The van der Waals surface area contributed by atoms with Crippen molar-refractivity contribution in [1.29, 1.82) is 0 Å². The third-order valence-corrected chi connectivity index (χ3v) is 2.96. The lowest BCUT2D eigenvalue weighted by atomic mass is 10.1. The van der Waals surface area contributed by atoms with Gasteiger partial charge < -0.3 is 10.1 Å². The summed E-state index contributed by atoms with van der Waals surface area (Å²) in [5.74, 6) is 1.57. The molecule has 2 rings (SSSR count). The number of rotatable bonds is 3. The van der Waals surface area contributed by atoms with Gasteiger partial charge in [0.25, 0.3) is 0 Å². The van der Waals surface area contributed by atoms with Crippen molar-refractivity contribution in [1.82, 2.24) is 9.97 Å². The van der Waals surface area contributed by atoms with Crippen LogP contribution in [-0.4, -0.2) is 17.0 Å². The molecule has 0 saturated carbocycles. The smallest absolute Gasteiger partial charge is 0.243 e. The highest BCUT2D eigenvalue weighted by atomic mass is 35.5. The van der Waals surface area contributed by atoms with Crippen LogP contribution in [0.5, 0.6) is 11.6 Å².